The molecule has 3 rings (SSSR count). The molecule has 1 N–H and O–H groups in total. The van der Waals surface area contributed by atoms with Gasteiger partial charge in [-0.25, -0.2) is 0 Å². The van der Waals surface area contributed by atoms with E-state index in [0.29, 0.717) is 17.9 Å². The molecule has 0 aliphatic carbocycles. The van der Waals surface area contributed by atoms with Gasteiger partial charge in [-0.1, -0.05) is 23.4 Å². The zero-order valence-corrected chi connectivity index (χ0v) is 15.4. The molecule has 1 aromatic heterocycles. The predicted octanol–water partition coefficient (Wildman–Crippen LogP) is 4.74. The first kappa shape index (κ1) is 17.7. The fraction of sp³-hybridized carbons (Fsp3) is 0.238. The van der Waals surface area contributed by atoms with Gasteiger partial charge in [0, 0.05) is 5.69 Å². The first-order valence-electron chi connectivity index (χ1n) is 8.47. The van der Waals surface area contributed by atoms with E-state index in [4.69, 9.17) is 9.26 Å². The van der Waals surface area contributed by atoms with Crippen LogP contribution in [0.3, 0.4) is 0 Å². The van der Waals surface area contributed by atoms with Gasteiger partial charge in [0.1, 0.15) is 18.1 Å². The highest BCUT2D eigenvalue weighted by Gasteiger charge is 2.15. The lowest BCUT2D eigenvalue weighted by molar-refractivity contribution is 0.102. The summed E-state index contributed by atoms with van der Waals surface area (Å²) in [6.07, 6.45) is 0. The number of hydrogen-bond donors (Lipinski definition) is 1. The third kappa shape index (κ3) is 3.94. The molecule has 0 spiro atoms. The van der Waals surface area contributed by atoms with Gasteiger partial charge in [-0.3, -0.25) is 4.79 Å². The molecule has 26 heavy (non-hydrogen) atoms. The number of aryl methyl sites for hydroxylation is 4. The molecule has 2 aromatic carbocycles. The zero-order valence-electron chi connectivity index (χ0n) is 15.4. The second-order valence-corrected chi connectivity index (χ2v) is 6.42. The Morgan fingerprint density at radius 2 is 1.77 bits per heavy atom. The van der Waals surface area contributed by atoms with Crippen LogP contribution in [-0.4, -0.2) is 11.1 Å². The number of rotatable bonds is 5. The first-order chi connectivity index (χ1) is 12.4. The highest BCUT2D eigenvalue weighted by Crippen LogP contribution is 2.23. The van der Waals surface area contributed by atoms with Crippen molar-refractivity contribution in [3.05, 3.63) is 76.2 Å². The number of nitrogens with zero attached hydrogens (tertiary/aromatic N) is 1. The molecular weight excluding hydrogens is 328 g/mol. The van der Waals surface area contributed by atoms with Gasteiger partial charge in [0.2, 0.25) is 0 Å². The lowest BCUT2D eigenvalue weighted by Gasteiger charge is -2.12. The largest absolute Gasteiger partial charge is 0.488 e. The van der Waals surface area contributed by atoms with E-state index in [-0.39, 0.29) is 5.91 Å². The molecule has 134 valence electrons. The van der Waals surface area contributed by atoms with E-state index in [0.717, 1.165) is 33.8 Å². The minimum atomic E-state index is -0.204. The van der Waals surface area contributed by atoms with Crippen LogP contribution < -0.4 is 10.1 Å². The molecular formula is C21H22N2O3. The Bertz CT molecular complexity index is 904. The highest BCUT2D eigenvalue weighted by atomic mass is 16.5. The molecule has 3 aromatic rings. The molecule has 1 heterocycles. The molecule has 0 bridgehead atoms. The van der Waals surface area contributed by atoms with Gasteiger partial charge in [-0.05, 0) is 63.1 Å². The molecule has 0 radical (unpaired) electrons. The summed E-state index contributed by atoms with van der Waals surface area (Å²) in [5.41, 5.74) is 5.15. The van der Waals surface area contributed by atoms with Crippen molar-refractivity contribution in [2.75, 3.05) is 5.32 Å². The predicted molar refractivity (Wildman–Crippen MR) is 101 cm³/mol. The number of carbonyl (C=O) groups excluding carboxylic acids is 1. The lowest BCUT2D eigenvalue weighted by atomic mass is 10.1. The molecule has 0 atom stereocenters. The van der Waals surface area contributed by atoms with Gasteiger partial charge >= 0.3 is 0 Å². The number of nitrogens with one attached hydrogen (secondary N) is 1. The molecule has 0 saturated carbocycles. The van der Waals surface area contributed by atoms with E-state index in [1.165, 1.54) is 0 Å². The van der Waals surface area contributed by atoms with Crippen molar-refractivity contribution in [1.82, 2.24) is 5.16 Å². The standard InChI is InChI=1S/C21H22N2O3/c1-13-9-14(2)11-17(10-13)22-21(24)18-7-5-6-8-20(18)25-12-19-15(3)23-26-16(19)4/h5-11H,12H2,1-4H3,(H,22,24). The molecule has 0 aliphatic rings. The third-order valence-electron chi connectivity index (χ3n) is 4.16. The maximum Gasteiger partial charge on any atom is 0.259 e. The summed E-state index contributed by atoms with van der Waals surface area (Å²) in [5, 5.41) is 6.87. The van der Waals surface area contributed by atoms with Crippen LogP contribution in [-0.2, 0) is 6.61 Å². The Morgan fingerprint density at radius 3 is 2.42 bits per heavy atom. The third-order valence-corrected chi connectivity index (χ3v) is 4.16. The lowest BCUT2D eigenvalue weighted by Crippen LogP contribution is -2.14. The second kappa shape index (κ2) is 7.44. The summed E-state index contributed by atoms with van der Waals surface area (Å²) in [4.78, 5) is 12.7. The minimum Gasteiger partial charge on any atom is -0.488 e. The molecule has 0 aliphatic heterocycles. The van der Waals surface area contributed by atoms with Crippen LogP contribution in [0.15, 0.2) is 47.0 Å². The number of anilines is 1. The summed E-state index contributed by atoms with van der Waals surface area (Å²) >= 11 is 0. The van der Waals surface area contributed by atoms with Crippen LogP contribution in [0.2, 0.25) is 0 Å². The van der Waals surface area contributed by atoms with Gasteiger partial charge in [0.15, 0.2) is 0 Å². The molecule has 0 saturated heterocycles. The zero-order chi connectivity index (χ0) is 18.7. The van der Waals surface area contributed by atoms with Gasteiger partial charge in [0.05, 0.1) is 16.8 Å². The number of hydrogen-bond acceptors (Lipinski definition) is 4. The van der Waals surface area contributed by atoms with Crippen LogP contribution in [0.1, 0.15) is 38.5 Å². The van der Waals surface area contributed by atoms with Crippen LogP contribution in [0, 0.1) is 27.7 Å². The van der Waals surface area contributed by atoms with Crippen LogP contribution in [0.5, 0.6) is 5.75 Å². The summed E-state index contributed by atoms with van der Waals surface area (Å²) in [6.45, 7) is 8.02. The Kier molecular flexibility index (Phi) is 5.07. The van der Waals surface area contributed by atoms with E-state index in [1.807, 2.05) is 52.0 Å². The summed E-state index contributed by atoms with van der Waals surface area (Å²) in [6, 6.07) is 13.2. The molecule has 0 unspecified atom stereocenters. The van der Waals surface area contributed by atoms with Gasteiger partial charge < -0.3 is 14.6 Å². The van der Waals surface area contributed by atoms with Crippen molar-refractivity contribution < 1.29 is 14.1 Å². The minimum absolute atomic E-state index is 0.204. The molecule has 5 nitrogen and oxygen atoms in total. The monoisotopic (exact) mass is 350 g/mol. The van der Waals surface area contributed by atoms with E-state index >= 15 is 0 Å². The normalized spacial score (nSPS) is 10.6. The summed E-state index contributed by atoms with van der Waals surface area (Å²) < 4.78 is 11.0. The summed E-state index contributed by atoms with van der Waals surface area (Å²) in [5.74, 6) is 1.04. The Labute approximate surface area is 153 Å². The fourth-order valence-corrected chi connectivity index (χ4v) is 2.88. The Balaban J connectivity index is 1.79. The van der Waals surface area contributed by atoms with Crippen molar-refractivity contribution in [3.8, 4) is 5.75 Å². The Hall–Kier alpha value is -3.08. The van der Waals surface area contributed by atoms with E-state index in [1.54, 1.807) is 12.1 Å². The first-order valence-corrected chi connectivity index (χ1v) is 8.47. The molecule has 5 heteroatoms. The van der Waals surface area contributed by atoms with Gasteiger partial charge in [0.25, 0.3) is 5.91 Å². The SMILES string of the molecule is Cc1cc(C)cc(NC(=O)c2ccccc2OCc2c(C)noc2C)c1. The number of para-hydroxylation sites is 1. The topological polar surface area (TPSA) is 64.4 Å². The Morgan fingerprint density at radius 1 is 1.08 bits per heavy atom. The van der Waals surface area contributed by atoms with Crippen molar-refractivity contribution >= 4 is 11.6 Å². The highest BCUT2D eigenvalue weighted by molar-refractivity contribution is 6.06. The second-order valence-electron chi connectivity index (χ2n) is 6.42. The van der Waals surface area contributed by atoms with Gasteiger partial charge in [-0.2, -0.15) is 0 Å². The maximum atomic E-state index is 12.7. The van der Waals surface area contributed by atoms with Crippen LogP contribution in [0.4, 0.5) is 5.69 Å². The number of aromatic nitrogens is 1. The van der Waals surface area contributed by atoms with Crippen LogP contribution in [0.25, 0.3) is 0 Å². The van der Waals surface area contributed by atoms with Crippen molar-refractivity contribution in [2.45, 2.75) is 34.3 Å². The average Bonchev–Trinajstić information content (AvgIpc) is 2.90. The number of amides is 1. The quantitative estimate of drug-likeness (QED) is 0.722. The van der Waals surface area contributed by atoms with Crippen molar-refractivity contribution in [2.24, 2.45) is 0 Å². The van der Waals surface area contributed by atoms with Crippen LogP contribution >= 0.6 is 0 Å². The molecule has 0 fully saturated rings. The molecule has 1 amide bonds. The van der Waals surface area contributed by atoms with E-state index in [2.05, 4.69) is 16.5 Å². The van der Waals surface area contributed by atoms with Crippen molar-refractivity contribution in [3.63, 3.8) is 0 Å². The van der Waals surface area contributed by atoms with Crippen molar-refractivity contribution in [1.29, 1.82) is 0 Å². The van der Waals surface area contributed by atoms with E-state index in [9.17, 15) is 4.79 Å². The van der Waals surface area contributed by atoms with Gasteiger partial charge in [-0.15, -0.1) is 0 Å². The smallest absolute Gasteiger partial charge is 0.259 e. The summed E-state index contributed by atoms with van der Waals surface area (Å²) in [7, 11) is 0. The number of benzene rings is 2. The average molecular weight is 350 g/mol. The fourth-order valence-electron chi connectivity index (χ4n) is 2.88. The van der Waals surface area contributed by atoms with E-state index < -0.39 is 0 Å². The number of carbonyl (C=O) groups is 1. The maximum absolute atomic E-state index is 12.7. The number of ether oxygens (including phenoxy) is 1.